The van der Waals surface area contributed by atoms with Crippen LogP contribution in [0.3, 0.4) is 0 Å². The van der Waals surface area contributed by atoms with Gasteiger partial charge in [0.05, 0.1) is 0 Å². The van der Waals surface area contributed by atoms with Crippen LogP contribution in [0.15, 0.2) is 12.3 Å². The van der Waals surface area contributed by atoms with Crippen LogP contribution in [-0.4, -0.2) is 6.61 Å². The van der Waals surface area contributed by atoms with Gasteiger partial charge in [0.1, 0.15) is 12.4 Å². The van der Waals surface area contributed by atoms with Gasteiger partial charge in [0.2, 0.25) is 0 Å². The molecular formula is C13H22O. The van der Waals surface area contributed by atoms with Crippen molar-refractivity contribution in [2.24, 2.45) is 11.8 Å². The van der Waals surface area contributed by atoms with Crippen LogP contribution in [0.2, 0.25) is 0 Å². The molecule has 0 bridgehead atoms. The third-order valence-electron chi connectivity index (χ3n) is 3.81. The van der Waals surface area contributed by atoms with E-state index in [1.165, 1.54) is 25.7 Å². The molecule has 14 heavy (non-hydrogen) atoms. The molecule has 3 rings (SSSR count). The van der Waals surface area contributed by atoms with E-state index in [0.717, 1.165) is 24.2 Å². The van der Waals surface area contributed by atoms with Gasteiger partial charge in [-0.3, -0.25) is 0 Å². The Balaban J connectivity index is 0.000000157. The highest BCUT2D eigenvalue weighted by Gasteiger charge is 2.26. The molecule has 0 aromatic heterocycles. The molecule has 0 aromatic rings. The Kier molecular flexibility index (Phi) is 3.49. The van der Waals surface area contributed by atoms with Gasteiger partial charge in [-0.05, 0) is 11.8 Å². The molecule has 1 saturated heterocycles. The lowest BCUT2D eigenvalue weighted by Gasteiger charge is -2.16. The maximum Gasteiger partial charge on any atom is 0.144 e. The van der Waals surface area contributed by atoms with E-state index in [9.17, 15) is 0 Å². The number of ether oxygens (including phenoxy) is 1. The summed E-state index contributed by atoms with van der Waals surface area (Å²) in [7, 11) is 0. The van der Waals surface area contributed by atoms with E-state index in [4.69, 9.17) is 0 Å². The van der Waals surface area contributed by atoms with E-state index in [1.807, 2.05) is 0 Å². The van der Waals surface area contributed by atoms with E-state index < -0.39 is 0 Å². The van der Waals surface area contributed by atoms with E-state index >= 15 is 0 Å². The Morgan fingerprint density at radius 1 is 0.857 bits per heavy atom. The molecule has 1 aliphatic heterocycles. The zero-order valence-electron chi connectivity index (χ0n) is 9.13. The number of rotatable bonds is 1. The Bertz CT molecular complexity index is 165. The molecule has 1 nitrogen and oxygen atoms in total. The van der Waals surface area contributed by atoms with Gasteiger partial charge >= 0.3 is 0 Å². The number of hydrogen-bond acceptors (Lipinski definition) is 1. The van der Waals surface area contributed by atoms with Gasteiger partial charge < -0.3 is 4.74 Å². The van der Waals surface area contributed by atoms with Gasteiger partial charge in [-0.1, -0.05) is 57.9 Å². The van der Waals surface area contributed by atoms with Crippen molar-refractivity contribution >= 4 is 0 Å². The summed E-state index contributed by atoms with van der Waals surface area (Å²) in [4.78, 5) is 0. The Morgan fingerprint density at radius 3 is 1.36 bits per heavy atom. The molecule has 80 valence electrons. The van der Waals surface area contributed by atoms with Crippen molar-refractivity contribution in [3.05, 3.63) is 12.3 Å². The minimum Gasteiger partial charge on any atom is -0.487 e. The fraction of sp³-hybridized carbons (Fsp3) is 0.846. The third-order valence-corrected chi connectivity index (χ3v) is 3.81. The van der Waals surface area contributed by atoms with Crippen molar-refractivity contribution in [1.82, 2.24) is 0 Å². The van der Waals surface area contributed by atoms with E-state index in [1.54, 1.807) is 25.7 Å². The quantitative estimate of drug-likeness (QED) is 0.577. The molecule has 1 heterocycles. The summed E-state index contributed by atoms with van der Waals surface area (Å²) in [5, 5.41) is 0. The monoisotopic (exact) mass is 194 g/mol. The summed E-state index contributed by atoms with van der Waals surface area (Å²) in [5.74, 6) is 3.23. The van der Waals surface area contributed by atoms with Crippen molar-refractivity contribution in [3.63, 3.8) is 0 Å². The normalized spacial score (nSPS) is 27.0. The minimum atomic E-state index is 0.792. The molecule has 2 aliphatic carbocycles. The molecule has 0 radical (unpaired) electrons. The van der Waals surface area contributed by atoms with Crippen molar-refractivity contribution in [1.29, 1.82) is 0 Å². The summed E-state index contributed by atoms with van der Waals surface area (Å²) < 4.78 is 4.51. The second kappa shape index (κ2) is 4.86. The first kappa shape index (κ1) is 10.1. The second-order valence-electron chi connectivity index (χ2n) is 4.92. The molecule has 0 atom stereocenters. The van der Waals surface area contributed by atoms with Gasteiger partial charge in [0.25, 0.3) is 0 Å². The predicted molar refractivity (Wildman–Crippen MR) is 59.0 cm³/mol. The van der Waals surface area contributed by atoms with Crippen LogP contribution in [0.1, 0.15) is 51.4 Å². The highest BCUT2D eigenvalue weighted by molar-refractivity contribution is 4.94. The molecule has 2 saturated carbocycles. The first-order valence-electron chi connectivity index (χ1n) is 6.17. The van der Waals surface area contributed by atoms with Crippen LogP contribution in [0, 0.1) is 11.8 Å². The van der Waals surface area contributed by atoms with Gasteiger partial charge in [-0.2, -0.15) is 0 Å². The largest absolute Gasteiger partial charge is 0.487 e. The van der Waals surface area contributed by atoms with Crippen LogP contribution in [0.25, 0.3) is 0 Å². The second-order valence-corrected chi connectivity index (χ2v) is 4.92. The molecule has 3 fully saturated rings. The highest BCUT2D eigenvalue weighted by Crippen LogP contribution is 2.39. The maximum absolute atomic E-state index is 4.51. The fourth-order valence-corrected chi connectivity index (χ4v) is 2.91. The van der Waals surface area contributed by atoms with Gasteiger partial charge in [0, 0.05) is 0 Å². The maximum atomic E-state index is 4.51. The summed E-state index contributed by atoms with van der Waals surface area (Å²) in [5.41, 5.74) is 0. The number of epoxide rings is 1. The van der Waals surface area contributed by atoms with Gasteiger partial charge in [-0.25, -0.2) is 0 Å². The fourth-order valence-electron chi connectivity index (χ4n) is 2.91. The predicted octanol–water partition coefficient (Wildman–Crippen LogP) is 3.90. The SMILES string of the molecule is C1CCC(C2CCCC2)C1.C=C1CO1. The minimum absolute atomic E-state index is 0.792. The lowest BCUT2D eigenvalue weighted by Crippen LogP contribution is -2.06. The average Bonchev–Trinajstić information content (AvgIpc) is 2.80. The molecule has 0 aromatic carbocycles. The van der Waals surface area contributed by atoms with E-state index in [2.05, 4.69) is 11.3 Å². The molecule has 3 aliphatic rings. The van der Waals surface area contributed by atoms with Crippen molar-refractivity contribution in [2.45, 2.75) is 51.4 Å². The topological polar surface area (TPSA) is 12.5 Å². The van der Waals surface area contributed by atoms with Crippen LogP contribution in [0.5, 0.6) is 0 Å². The summed E-state index contributed by atoms with van der Waals surface area (Å²) in [6, 6.07) is 0. The van der Waals surface area contributed by atoms with E-state index in [0.29, 0.717) is 0 Å². The third kappa shape index (κ3) is 3.04. The highest BCUT2D eigenvalue weighted by atomic mass is 16.6. The van der Waals surface area contributed by atoms with Crippen LogP contribution in [0.4, 0.5) is 0 Å². The van der Waals surface area contributed by atoms with Crippen LogP contribution < -0.4 is 0 Å². The van der Waals surface area contributed by atoms with Gasteiger partial charge in [-0.15, -0.1) is 0 Å². The molecule has 0 spiro atoms. The molecular weight excluding hydrogens is 172 g/mol. The Morgan fingerprint density at radius 2 is 1.14 bits per heavy atom. The summed E-state index contributed by atoms with van der Waals surface area (Å²) >= 11 is 0. The lowest BCUT2D eigenvalue weighted by atomic mass is 9.90. The first-order valence-corrected chi connectivity index (χ1v) is 6.17. The van der Waals surface area contributed by atoms with Crippen molar-refractivity contribution in [3.8, 4) is 0 Å². The summed E-state index contributed by atoms with van der Waals surface area (Å²) in [6.07, 6.45) is 12.4. The first-order chi connectivity index (χ1) is 6.86. The molecule has 0 unspecified atom stereocenters. The zero-order chi connectivity index (χ0) is 9.80. The van der Waals surface area contributed by atoms with Crippen molar-refractivity contribution < 1.29 is 4.74 Å². The van der Waals surface area contributed by atoms with Crippen LogP contribution in [-0.2, 0) is 4.74 Å². The van der Waals surface area contributed by atoms with E-state index in [-0.39, 0.29) is 0 Å². The molecule has 0 N–H and O–H groups in total. The van der Waals surface area contributed by atoms with Crippen LogP contribution >= 0.6 is 0 Å². The Labute approximate surface area is 87.5 Å². The lowest BCUT2D eigenvalue weighted by molar-refractivity contribution is 0.347. The number of hydrogen-bond donors (Lipinski definition) is 0. The molecule has 0 amide bonds. The Hall–Kier alpha value is -0.460. The zero-order valence-corrected chi connectivity index (χ0v) is 9.13. The van der Waals surface area contributed by atoms with Gasteiger partial charge in [0.15, 0.2) is 0 Å². The van der Waals surface area contributed by atoms with Crippen molar-refractivity contribution in [2.75, 3.05) is 6.61 Å². The standard InChI is InChI=1S/C10H18.C3H4O/c1-2-6-9(5-1)10-7-3-4-8-10;1-3-2-4-3/h9-10H,1-8H2;1-2H2. The average molecular weight is 194 g/mol. The molecule has 1 heteroatoms. The smallest absolute Gasteiger partial charge is 0.144 e. The summed E-state index contributed by atoms with van der Waals surface area (Å²) in [6.45, 7) is 4.24.